The molecular formula is C10H20IOSi. The number of hydrogen-bond donors (Lipinski definition) is 0. The fourth-order valence-electron chi connectivity index (χ4n) is 1.86. The van der Waals surface area contributed by atoms with E-state index in [0.29, 0.717) is 0 Å². The quantitative estimate of drug-likeness (QED) is 0.432. The van der Waals surface area contributed by atoms with E-state index >= 15 is 0 Å². The molecule has 0 unspecified atom stereocenters. The molecule has 0 N–H and O–H groups in total. The summed E-state index contributed by atoms with van der Waals surface area (Å²) in [5.74, 6) is 0. The molecule has 0 aliphatic heterocycles. The molecule has 77 valence electrons. The van der Waals surface area contributed by atoms with E-state index in [-0.39, 0.29) is 16.4 Å². The summed E-state index contributed by atoms with van der Waals surface area (Å²) < 4.78 is 6.59. The second-order valence-corrected chi connectivity index (χ2v) is 6.53. The van der Waals surface area contributed by atoms with Crippen LogP contribution >= 0.6 is 22.6 Å². The van der Waals surface area contributed by atoms with Gasteiger partial charge in [-0.15, -0.1) is 0 Å². The van der Waals surface area contributed by atoms with Crippen molar-refractivity contribution in [3.8, 4) is 0 Å². The Morgan fingerprint density at radius 1 is 1.00 bits per heavy atom. The monoisotopic (exact) mass is 311 g/mol. The first-order valence-electron chi connectivity index (χ1n) is 4.53. The SMILES string of the molecule is CC(C)(C)C(CI)(O[Si])C(C)(C)C. The van der Waals surface area contributed by atoms with Crippen molar-refractivity contribution < 1.29 is 4.43 Å². The molecule has 0 amide bonds. The maximum Gasteiger partial charge on any atom is 0.247 e. The molecule has 0 atom stereocenters. The van der Waals surface area contributed by atoms with Gasteiger partial charge in [-0.05, 0) is 10.8 Å². The standard InChI is InChI=1S/C10H20IOSi/c1-8(2,3)10(7-11,12-13)9(4,5)6/h7H2,1-6H3. The fraction of sp³-hybridized carbons (Fsp3) is 1.00. The largest absolute Gasteiger partial charge is 0.411 e. The van der Waals surface area contributed by atoms with Crippen LogP contribution in [0.25, 0.3) is 0 Å². The zero-order valence-corrected chi connectivity index (χ0v) is 12.7. The van der Waals surface area contributed by atoms with E-state index < -0.39 is 0 Å². The van der Waals surface area contributed by atoms with Gasteiger partial charge in [0.25, 0.3) is 0 Å². The zero-order valence-electron chi connectivity index (χ0n) is 9.49. The van der Waals surface area contributed by atoms with Gasteiger partial charge < -0.3 is 4.43 Å². The van der Waals surface area contributed by atoms with Crippen molar-refractivity contribution in [2.45, 2.75) is 47.1 Å². The van der Waals surface area contributed by atoms with E-state index in [2.05, 4.69) is 74.6 Å². The van der Waals surface area contributed by atoms with Crippen molar-refractivity contribution in [3.63, 3.8) is 0 Å². The highest BCUT2D eigenvalue weighted by Gasteiger charge is 2.49. The van der Waals surface area contributed by atoms with Gasteiger partial charge in [-0.1, -0.05) is 64.1 Å². The minimum Gasteiger partial charge on any atom is -0.411 e. The summed E-state index contributed by atoms with van der Waals surface area (Å²) in [6.07, 6.45) is 0. The lowest BCUT2D eigenvalue weighted by Gasteiger charge is -2.52. The Morgan fingerprint density at radius 2 is 1.31 bits per heavy atom. The molecule has 0 saturated carbocycles. The number of hydrogen-bond acceptors (Lipinski definition) is 1. The summed E-state index contributed by atoms with van der Waals surface area (Å²) in [6, 6.07) is 0. The molecule has 0 bridgehead atoms. The first kappa shape index (κ1) is 13.9. The van der Waals surface area contributed by atoms with Crippen LogP contribution in [-0.2, 0) is 4.43 Å². The first-order chi connectivity index (χ1) is 5.62. The number of alkyl halides is 1. The van der Waals surface area contributed by atoms with E-state index in [1.807, 2.05) is 0 Å². The summed E-state index contributed by atoms with van der Waals surface area (Å²) in [4.78, 5) is 0. The highest BCUT2D eigenvalue weighted by Crippen LogP contribution is 2.47. The lowest BCUT2D eigenvalue weighted by Crippen LogP contribution is -2.56. The van der Waals surface area contributed by atoms with Crippen molar-refractivity contribution in [2.75, 3.05) is 4.43 Å². The molecule has 0 aliphatic rings. The predicted octanol–water partition coefficient (Wildman–Crippen LogP) is 3.35. The third kappa shape index (κ3) is 2.48. The van der Waals surface area contributed by atoms with Crippen LogP contribution in [0.2, 0.25) is 0 Å². The summed E-state index contributed by atoms with van der Waals surface area (Å²) in [5.41, 5.74) is 0.0971. The number of halogens is 1. The molecule has 3 heteroatoms. The van der Waals surface area contributed by atoms with Gasteiger partial charge in [-0.2, -0.15) is 0 Å². The molecule has 0 rings (SSSR count). The second-order valence-electron chi connectivity index (χ2n) is 5.56. The van der Waals surface area contributed by atoms with E-state index in [1.165, 1.54) is 0 Å². The molecule has 1 nitrogen and oxygen atoms in total. The van der Waals surface area contributed by atoms with E-state index in [9.17, 15) is 0 Å². The Balaban J connectivity index is 5.17. The van der Waals surface area contributed by atoms with Crippen LogP contribution in [0, 0.1) is 10.8 Å². The average molecular weight is 311 g/mol. The van der Waals surface area contributed by atoms with E-state index in [1.54, 1.807) is 0 Å². The normalized spacial score (nSPS) is 14.8. The zero-order chi connectivity index (χ0) is 10.9. The fourth-order valence-corrected chi connectivity index (χ4v) is 5.28. The lowest BCUT2D eigenvalue weighted by atomic mass is 9.64. The minimum atomic E-state index is -0.141. The third-order valence-corrected chi connectivity index (χ3v) is 4.21. The van der Waals surface area contributed by atoms with Crippen molar-refractivity contribution in [1.29, 1.82) is 0 Å². The van der Waals surface area contributed by atoms with Gasteiger partial charge in [-0.25, -0.2) is 0 Å². The average Bonchev–Trinajstić information content (AvgIpc) is 1.84. The molecular weight excluding hydrogens is 291 g/mol. The molecule has 0 heterocycles. The third-order valence-electron chi connectivity index (χ3n) is 2.79. The number of rotatable bonds is 2. The van der Waals surface area contributed by atoms with Gasteiger partial charge in [0, 0.05) is 4.43 Å². The summed E-state index contributed by atoms with van der Waals surface area (Å²) in [5, 5.41) is 0. The van der Waals surface area contributed by atoms with Crippen LogP contribution in [0.3, 0.4) is 0 Å². The van der Waals surface area contributed by atoms with Crippen LogP contribution in [0.15, 0.2) is 0 Å². The Bertz CT molecular complexity index is 147. The summed E-state index contributed by atoms with van der Waals surface area (Å²) in [7, 11) is 3.25. The molecule has 0 fully saturated rings. The van der Waals surface area contributed by atoms with Gasteiger partial charge in [0.05, 0.1) is 5.60 Å². The molecule has 0 aromatic carbocycles. The molecule has 0 aliphatic carbocycles. The first-order valence-corrected chi connectivity index (χ1v) is 6.46. The van der Waals surface area contributed by atoms with Gasteiger partial charge in [-0.3, -0.25) is 0 Å². The smallest absolute Gasteiger partial charge is 0.247 e. The van der Waals surface area contributed by atoms with Gasteiger partial charge in [0.1, 0.15) is 0 Å². The lowest BCUT2D eigenvalue weighted by molar-refractivity contribution is -0.0887. The Hall–Kier alpha value is 0.907. The predicted molar refractivity (Wildman–Crippen MR) is 67.4 cm³/mol. The van der Waals surface area contributed by atoms with Crippen LogP contribution in [-0.4, -0.2) is 20.5 Å². The van der Waals surface area contributed by atoms with Crippen molar-refractivity contribution in [1.82, 2.24) is 0 Å². The topological polar surface area (TPSA) is 9.23 Å². The Morgan fingerprint density at radius 3 is 1.31 bits per heavy atom. The summed E-state index contributed by atoms with van der Waals surface area (Å²) >= 11 is 2.40. The molecule has 0 aromatic rings. The highest BCUT2D eigenvalue weighted by molar-refractivity contribution is 14.1. The molecule has 0 aromatic heterocycles. The van der Waals surface area contributed by atoms with Crippen LogP contribution in [0.1, 0.15) is 41.5 Å². The molecule has 3 radical (unpaired) electrons. The second kappa shape index (κ2) is 4.19. The maximum atomic E-state index is 5.61. The molecule has 0 spiro atoms. The van der Waals surface area contributed by atoms with Crippen LogP contribution < -0.4 is 0 Å². The van der Waals surface area contributed by atoms with Crippen molar-refractivity contribution >= 4 is 33.1 Å². The summed E-state index contributed by atoms with van der Waals surface area (Å²) in [6.45, 7) is 13.3. The van der Waals surface area contributed by atoms with Gasteiger partial charge >= 0.3 is 0 Å². The van der Waals surface area contributed by atoms with Crippen LogP contribution in [0.5, 0.6) is 0 Å². The Labute approximate surface area is 99.7 Å². The van der Waals surface area contributed by atoms with E-state index in [0.717, 1.165) is 4.43 Å². The maximum absolute atomic E-state index is 5.61. The van der Waals surface area contributed by atoms with Crippen molar-refractivity contribution in [3.05, 3.63) is 0 Å². The molecule has 13 heavy (non-hydrogen) atoms. The highest BCUT2D eigenvalue weighted by atomic mass is 127. The van der Waals surface area contributed by atoms with Gasteiger partial charge in [0.15, 0.2) is 0 Å². The van der Waals surface area contributed by atoms with Gasteiger partial charge in [0.2, 0.25) is 10.5 Å². The Kier molecular flexibility index (Phi) is 4.48. The minimum absolute atomic E-state index is 0.119. The van der Waals surface area contributed by atoms with E-state index in [4.69, 9.17) is 4.43 Å². The van der Waals surface area contributed by atoms with Crippen LogP contribution in [0.4, 0.5) is 0 Å². The molecule has 0 saturated heterocycles. The van der Waals surface area contributed by atoms with Crippen molar-refractivity contribution in [2.24, 2.45) is 10.8 Å².